The van der Waals surface area contributed by atoms with E-state index in [1.165, 1.54) is 14.7 Å². The highest BCUT2D eigenvalue weighted by atomic mass is 127. The lowest BCUT2D eigenvalue weighted by molar-refractivity contribution is 0.0181. The van der Waals surface area contributed by atoms with Gasteiger partial charge in [-0.1, -0.05) is 55.8 Å². The van der Waals surface area contributed by atoms with E-state index in [4.69, 9.17) is 9.47 Å². The van der Waals surface area contributed by atoms with Crippen LogP contribution in [-0.2, 0) is 18.2 Å². The van der Waals surface area contributed by atoms with Gasteiger partial charge in [0, 0.05) is 83.8 Å². The summed E-state index contributed by atoms with van der Waals surface area (Å²) in [6.45, 7) is 15.2. The number of hydrogen-bond acceptors (Lipinski definition) is 5. The molecule has 4 aromatic rings. The van der Waals surface area contributed by atoms with Crippen molar-refractivity contribution in [3.8, 4) is 22.6 Å². The van der Waals surface area contributed by atoms with E-state index < -0.39 is 5.60 Å². The van der Waals surface area contributed by atoms with Crippen LogP contribution in [0.3, 0.4) is 0 Å². The van der Waals surface area contributed by atoms with Crippen LogP contribution >= 0.6 is 46.3 Å². The maximum absolute atomic E-state index is 12.9. The minimum Gasteiger partial charge on any atom is -0.457 e. The number of piperidine rings is 1. The number of fused-ring (bicyclic) bond motifs is 1. The Labute approximate surface area is 298 Å². The van der Waals surface area contributed by atoms with Crippen LogP contribution in [0.5, 0.6) is 11.5 Å². The van der Waals surface area contributed by atoms with Gasteiger partial charge in [-0.15, -0.1) is 0 Å². The molecule has 1 amide bonds. The fraction of sp³-hybridized carbons (Fsp3) is 0.444. The first-order valence-electron chi connectivity index (χ1n) is 16.1. The number of carbonyl (C=O) groups excluding carboxylic acids is 1. The van der Waals surface area contributed by atoms with Gasteiger partial charge in [-0.25, -0.2) is 4.79 Å². The Morgan fingerprint density at radius 1 is 1.00 bits per heavy atom. The number of benzene rings is 2. The number of pyridine rings is 1. The monoisotopic (exact) mass is 823 g/mol. The molecule has 0 atom stereocenters. The number of carbonyl (C=O) groups is 1. The molecule has 1 aliphatic rings. The second-order valence-electron chi connectivity index (χ2n) is 11.8. The molecule has 5 rings (SSSR count). The van der Waals surface area contributed by atoms with Gasteiger partial charge in [-0.2, -0.15) is 0 Å². The third-order valence-corrected chi connectivity index (χ3v) is 9.77. The second kappa shape index (κ2) is 17.6. The quantitative estimate of drug-likeness (QED) is 0.174. The molecule has 10 heteroatoms. The first kappa shape index (κ1) is 38.0. The molecule has 0 aliphatic carbocycles. The minimum absolute atomic E-state index is 0.0374. The zero-order valence-corrected chi connectivity index (χ0v) is 32.8. The lowest BCUT2D eigenvalue weighted by atomic mass is 9.90. The van der Waals surface area contributed by atoms with Crippen LogP contribution in [0, 0.1) is 5.92 Å². The van der Waals surface area contributed by atoms with Crippen LogP contribution in [0.1, 0.15) is 73.3 Å². The van der Waals surface area contributed by atoms with Crippen molar-refractivity contribution in [3.63, 3.8) is 0 Å². The summed E-state index contributed by atoms with van der Waals surface area (Å²) in [6.07, 6.45) is 7.69. The summed E-state index contributed by atoms with van der Waals surface area (Å²) in [5.74, 6) is 2.08. The summed E-state index contributed by atoms with van der Waals surface area (Å²) in [7, 11) is 3.25. The van der Waals surface area contributed by atoms with E-state index in [1.807, 2.05) is 106 Å². The van der Waals surface area contributed by atoms with Crippen LogP contribution in [0.4, 0.5) is 4.79 Å². The average molecular weight is 825 g/mol. The largest absolute Gasteiger partial charge is 0.457 e. The van der Waals surface area contributed by atoms with Gasteiger partial charge in [0.2, 0.25) is 0 Å². The summed E-state index contributed by atoms with van der Waals surface area (Å²) in [5.41, 5.74) is 3.26. The normalized spacial score (nSPS) is 13.4. The Morgan fingerprint density at radius 3 is 2.26 bits per heavy atom. The lowest BCUT2D eigenvalue weighted by Crippen LogP contribution is -2.41. The predicted molar refractivity (Wildman–Crippen MR) is 205 cm³/mol. The standard InChI is InChI=1S/C32H35BrIN3O4S.2C2H6/c1-32(2,3)41-31(39)36-16-13-22(14-17-36)6-5-21-7-10-24(11-8-21)40-28-12-9-23(33)19-26(28)27-20-35(4)30(38)29-25(27)15-18-37(29)42-34;2*1-2/h7-12,15,18-20,22H,5-6,13-14,16-17H2,1-4H3;2*1-2H3. The Hall–Kier alpha value is -2.44. The van der Waals surface area contributed by atoms with Gasteiger partial charge in [-0.05, 0) is 94.3 Å². The van der Waals surface area contributed by atoms with E-state index in [-0.39, 0.29) is 11.7 Å². The Balaban J connectivity index is 0.00000139. The molecular formula is C36H47BrIN3O4S. The maximum Gasteiger partial charge on any atom is 0.410 e. The Bertz CT molecular complexity index is 1640. The maximum atomic E-state index is 12.9. The summed E-state index contributed by atoms with van der Waals surface area (Å²) in [6, 6.07) is 16.2. The number of nitrogens with zero attached hydrogens (tertiary/aromatic N) is 3. The van der Waals surface area contributed by atoms with E-state index in [0.29, 0.717) is 11.4 Å². The first-order valence-corrected chi connectivity index (χ1v) is 20.2. The highest BCUT2D eigenvalue weighted by Crippen LogP contribution is 2.39. The second-order valence-corrected chi connectivity index (χ2v) is 14.4. The van der Waals surface area contributed by atoms with Crippen molar-refractivity contribution >= 4 is 63.3 Å². The number of ether oxygens (including phenoxy) is 2. The van der Waals surface area contributed by atoms with Gasteiger partial charge in [0.05, 0.1) is 0 Å². The van der Waals surface area contributed by atoms with Gasteiger partial charge >= 0.3 is 6.09 Å². The fourth-order valence-electron chi connectivity index (χ4n) is 5.36. The molecule has 2 aromatic carbocycles. The number of likely N-dealkylation sites (tertiary alicyclic amines) is 1. The van der Waals surface area contributed by atoms with Crippen LogP contribution < -0.4 is 10.3 Å². The van der Waals surface area contributed by atoms with Crippen molar-refractivity contribution in [2.75, 3.05) is 13.1 Å². The molecule has 1 saturated heterocycles. The number of amides is 1. The van der Waals surface area contributed by atoms with Gasteiger partial charge in [0.15, 0.2) is 0 Å². The fourth-order valence-corrected chi connectivity index (χ4v) is 7.05. The van der Waals surface area contributed by atoms with Gasteiger partial charge in [-0.3, -0.25) is 8.77 Å². The van der Waals surface area contributed by atoms with E-state index >= 15 is 0 Å². The van der Waals surface area contributed by atoms with Gasteiger partial charge in [0.1, 0.15) is 22.6 Å². The SMILES string of the molecule is CC.CC.Cn1cc(-c2cc(Br)ccc2Oc2ccc(CCC3CCN(C(=O)OC(C)(C)C)CC3)cc2)c2ccn(SI)c2c1=O. The molecule has 7 nitrogen and oxygen atoms in total. The molecule has 0 radical (unpaired) electrons. The summed E-state index contributed by atoms with van der Waals surface area (Å²) < 4.78 is 16.4. The Kier molecular flexibility index (Phi) is 14.6. The number of rotatable bonds is 7. The van der Waals surface area contributed by atoms with Crippen molar-refractivity contribution in [3.05, 3.63) is 81.3 Å². The van der Waals surface area contributed by atoms with Crippen molar-refractivity contribution in [1.29, 1.82) is 0 Å². The van der Waals surface area contributed by atoms with Crippen LogP contribution in [0.25, 0.3) is 22.0 Å². The molecule has 1 fully saturated rings. The first-order chi connectivity index (χ1) is 22.0. The van der Waals surface area contributed by atoms with Gasteiger partial charge < -0.3 is 18.9 Å². The topological polar surface area (TPSA) is 65.7 Å². The van der Waals surface area contributed by atoms with E-state index in [0.717, 1.165) is 71.3 Å². The zero-order chi connectivity index (χ0) is 34.0. The van der Waals surface area contributed by atoms with Crippen LogP contribution in [-0.4, -0.2) is 38.2 Å². The summed E-state index contributed by atoms with van der Waals surface area (Å²) >= 11 is 5.80. The average Bonchev–Trinajstić information content (AvgIpc) is 3.49. The molecule has 3 heterocycles. The number of aryl methyl sites for hydroxylation is 2. The zero-order valence-electron chi connectivity index (χ0n) is 28.2. The third kappa shape index (κ3) is 9.79. The highest BCUT2D eigenvalue weighted by Gasteiger charge is 2.26. The molecule has 2 aromatic heterocycles. The van der Waals surface area contributed by atoms with Crippen molar-refractivity contribution < 1.29 is 14.3 Å². The van der Waals surface area contributed by atoms with E-state index in [2.05, 4.69) is 49.3 Å². The van der Waals surface area contributed by atoms with Crippen molar-refractivity contribution in [1.82, 2.24) is 13.4 Å². The lowest BCUT2D eigenvalue weighted by Gasteiger charge is -2.33. The Morgan fingerprint density at radius 2 is 1.65 bits per heavy atom. The minimum atomic E-state index is -0.461. The molecule has 250 valence electrons. The number of hydrogen-bond donors (Lipinski definition) is 0. The molecule has 0 unspecified atom stereocenters. The molecule has 1 aliphatic heterocycles. The molecule has 0 saturated carbocycles. The number of halogens is 2. The third-order valence-electron chi connectivity index (χ3n) is 7.55. The highest BCUT2D eigenvalue weighted by molar-refractivity contribution is 14.2. The van der Waals surface area contributed by atoms with Crippen LogP contribution in [0.15, 0.2) is 70.2 Å². The smallest absolute Gasteiger partial charge is 0.410 e. The summed E-state index contributed by atoms with van der Waals surface area (Å²) in [5, 5.41) is 0.887. The predicted octanol–water partition coefficient (Wildman–Crippen LogP) is 11.0. The van der Waals surface area contributed by atoms with E-state index in [1.54, 1.807) is 11.6 Å². The molecule has 0 bridgehead atoms. The summed E-state index contributed by atoms with van der Waals surface area (Å²) in [4.78, 5) is 27.1. The number of aromatic nitrogens is 2. The van der Waals surface area contributed by atoms with Gasteiger partial charge in [0.25, 0.3) is 5.56 Å². The van der Waals surface area contributed by atoms with Crippen molar-refractivity contribution in [2.24, 2.45) is 13.0 Å². The molecule has 0 spiro atoms. The van der Waals surface area contributed by atoms with E-state index in [9.17, 15) is 9.59 Å². The molecular weight excluding hydrogens is 777 g/mol. The van der Waals surface area contributed by atoms with Crippen LogP contribution in [0.2, 0.25) is 0 Å². The molecule has 0 N–H and O–H groups in total. The van der Waals surface area contributed by atoms with Crippen molar-refractivity contribution in [2.45, 2.75) is 79.8 Å². The molecule has 46 heavy (non-hydrogen) atoms.